The van der Waals surface area contributed by atoms with Crippen LogP contribution in [0.15, 0.2) is 48.6 Å². The predicted octanol–water partition coefficient (Wildman–Crippen LogP) is 19.5. The van der Waals surface area contributed by atoms with Gasteiger partial charge < -0.3 is 19.8 Å². The number of hydrogen-bond donors (Lipinski definition) is 3. The molecule has 0 aromatic heterocycles. The molecule has 0 fully saturated rings. The van der Waals surface area contributed by atoms with E-state index >= 15 is 0 Å². The van der Waals surface area contributed by atoms with Gasteiger partial charge in [0.2, 0.25) is 5.91 Å². The first-order valence-electron chi connectivity index (χ1n) is 31.5. The van der Waals surface area contributed by atoms with Crippen molar-refractivity contribution in [2.75, 3.05) is 40.9 Å². The molecule has 0 bridgehead atoms. The maximum Gasteiger partial charge on any atom is 0.472 e. The third-order valence-electron chi connectivity index (χ3n) is 14.3. The second kappa shape index (κ2) is 55.2. The van der Waals surface area contributed by atoms with Gasteiger partial charge in [-0.2, -0.15) is 0 Å². The number of allylic oxidation sites excluding steroid dienone is 7. The van der Waals surface area contributed by atoms with E-state index in [2.05, 4.69) is 55.6 Å². The molecule has 8 nitrogen and oxygen atoms in total. The molecule has 3 N–H and O–H groups in total. The van der Waals surface area contributed by atoms with Crippen molar-refractivity contribution in [2.45, 2.75) is 315 Å². The molecule has 3 atom stereocenters. The molecule has 0 saturated heterocycles. The topological polar surface area (TPSA) is 105 Å². The lowest BCUT2D eigenvalue weighted by Gasteiger charge is -2.25. The first-order chi connectivity index (χ1) is 35.5. The van der Waals surface area contributed by atoms with Crippen LogP contribution in [0, 0.1) is 0 Å². The molecule has 9 heteroatoms. The lowest BCUT2D eigenvalue weighted by Crippen LogP contribution is -2.45. The van der Waals surface area contributed by atoms with E-state index in [1.165, 1.54) is 238 Å². The summed E-state index contributed by atoms with van der Waals surface area (Å²) < 4.78 is 23.7. The summed E-state index contributed by atoms with van der Waals surface area (Å²) in [5, 5.41) is 13.9. The Labute approximate surface area is 454 Å². The molecule has 0 radical (unpaired) electrons. The van der Waals surface area contributed by atoms with Crippen molar-refractivity contribution >= 4 is 13.7 Å². The van der Waals surface area contributed by atoms with Gasteiger partial charge >= 0.3 is 7.82 Å². The molecular weight excluding hydrogens is 924 g/mol. The second-order valence-corrected chi connectivity index (χ2v) is 24.2. The molecule has 0 aromatic carbocycles. The number of unbranched alkanes of at least 4 members (excludes halogenated alkanes) is 39. The number of nitrogens with one attached hydrogen (secondary N) is 1. The number of hydrogen-bond acceptors (Lipinski definition) is 5. The van der Waals surface area contributed by atoms with Gasteiger partial charge in [0.1, 0.15) is 13.2 Å². The minimum absolute atomic E-state index is 0.0565. The smallest absolute Gasteiger partial charge is 0.387 e. The predicted molar refractivity (Wildman–Crippen MR) is 318 cm³/mol. The van der Waals surface area contributed by atoms with E-state index in [-0.39, 0.29) is 19.1 Å². The summed E-state index contributed by atoms with van der Waals surface area (Å²) in [6.45, 7) is 4.82. The summed E-state index contributed by atoms with van der Waals surface area (Å²) in [6, 6.07) is -0.863. The van der Waals surface area contributed by atoms with E-state index in [0.717, 1.165) is 44.9 Å². The lowest BCUT2D eigenvalue weighted by molar-refractivity contribution is -0.870. The zero-order valence-electron chi connectivity index (χ0n) is 49.1. The summed E-state index contributed by atoms with van der Waals surface area (Å²) in [5.41, 5.74) is 0. The van der Waals surface area contributed by atoms with E-state index in [0.29, 0.717) is 17.4 Å². The molecule has 73 heavy (non-hydrogen) atoms. The van der Waals surface area contributed by atoms with Crippen LogP contribution in [-0.4, -0.2) is 73.4 Å². The molecule has 0 aromatic rings. The van der Waals surface area contributed by atoms with Crippen LogP contribution in [0.1, 0.15) is 303 Å². The number of phosphoric acid groups is 1. The zero-order chi connectivity index (χ0) is 53.5. The molecular formula is C64H124N2O6P+. The maximum absolute atomic E-state index is 13.0. The quantitative estimate of drug-likeness (QED) is 0.0243. The van der Waals surface area contributed by atoms with Crippen LogP contribution >= 0.6 is 7.82 Å². The van der Waals surface area contributed by atoms with Crippen molar-refractivity contribution in [1.29, 1.82) is 0 Å². The molecule has 0 aliphatic rings. The van der Waals surface area contributed by atoms with Crippen LogP contribution in [-0.2, 0) is 18.4 Å². The Morgan fingerprint density at radius 3 is 1.18 bits per heavy atom. The van der Waals surface area contributed by atoms with E-state index in [1.54, 1.807) is 6.08 Å². The molecule has 0 rings (SSSR count). The lowest BCUT2D eigenvalue weighted by atomic mass is 10.0. The highest BCUT2D eigenvalue weighted by molar-refractivity contribution is 7.47. The fourth-order valence-electron chi connectivity index (χ4n) is 9.33. The number of phosphoric ester groups is 1. The molecule has 0 spiro atoms. The number of nitrogens with zero attached hydrogens (tertiary/aromatic N) is 1. The maximum atomic E-state index is 13.0. The largest absolute Gasteiger partial charge is 0.472 e. The Hall–Kier alpha value is -1.54. The van der Waals surface area contributed by atoms with Gasteiger partial charge in [0.05, 0.1) is 39.9 Å². The van der Waals surface area contributed by atoms with Crippen LogP contribution < -0.4 is 5.32 Å². The standard InChI is InChI=1S/C64H123N2O6P/c1-6-8-10-12-14-16-18-20-22-24-25-26-27-28-29-30-31-32-33-34-35-36-37-38-39-40-41-42-44-46-48-50-52-54-56-58-64(68)65-62(61-72-73(69,70)71-60-59-66(3,4)5)63(67)57-55-53-51-49-47-45-43-23-21-19-17-15-13-11-9-7-2/h27-28,30-31,47,49,55,57,62-63,67H,6-26,29,32-46,48,50-54,56,58-61H2,1-5H3,(H-,65,68,69,70)/p+1/b28-27-,31-30-,49-47+,57-55+. The highest BCUT2D eigenvalue weighted by atomic mass is 31.2. The van der Waals surface area contributed by atoms with E-state index in [1.807, 2.05) is 27.2 Å². The Morgan fingerprint density at radius 2 is 0.795 bits per heavy atom. The monoisotopic (exact) mass is 1050 g/mol. The normalized spacial score (nSPS) is 14.1. The van der Waals surface area contributed by atoms with Gasteiger partial charge in [0, 0.05) is 6.42 Å². The van der Waals surface area contributed by atoms with Gasteiger partial charge in [0.15, 0.2) is 0 Å². The summed E-state index contributed by atoms with van der Waals surface area (Å²) >= 11 is 0. The number of amides is 1. The summed E-state index contributed by atoms with van der Waals surface area (Å²) in [7, 11) is 1.56. The van der Waals surface area contributed by atoms with Crippen LogP contribution in [0.4, 0.5) is 0 Å². The van der Waals surface area contributed by atoms with Crippen molar-refractivity contribution in [3.63, 3.8) is 0 Å². The number of aliphatic hydroxyl groups excluding tert-OH is 1. The van der Waals surface area contributed by atoms with Crippen LogP contribution in [0.5, 0.6) is 0 Å². The molecule has 0 heterocycles. The Morgan fingerprint density at radius 1 is 0.466 bits per heavy atom. The fourth-order valence-corrected chi connectivity index (χ4v) is 10.1. The molecule has 430 valence electrons. The third-order valence-corrected chi connectivity index (χ3v) is 15.3. The number of carbonyl (C=O) groups excluding carboxylic acids is 1. The Balaban J connectivity index is 4.03. The van der Waals surface area contributed by atoms with Gasteiger partial charge in [0.25, 0.3) is 0 Å². The van der Waals surface area contributed by atoms with Gasteiger partial charge in [-0.3, -0.25) is 13.8 Å². The first-order valence-corrected chi connectivity index (χ1v) is 33.0. The zero-order valence-corrected chi connectivity index (χ0v) is 50.0. The van der Waals surface area contributed by atoms with Crippen molar-refractivity contribution in [3.8, 4) is 0 Å². The molecule has 0 saturated carbocycles. The highest BCUT2D eigenvalue weighted by Crippen LogP contribution is 2.43. The Kier molecular flexibility index (Phi) is 54.1. The SMILES string of the molecule is CCCCCCCCCCCC/C=C/CC/C=C/C(O)C(COP(=O)(O)OCC[N+](C)(C)C)NC(=O)CCCCCCCCCCCCCCCCCCC/C=C\C/C=C\CCCCCCCCCCCCC. The number of quaternary nitrogens is 1. The van der Waals surface area contributed by atoms with Gasteiger partial charge in [-0.1, -0.05) is 281 Å². The minimum atomic E-state index is -4.35. The number of carbonyl (C=O) groups is 1. The van der Waals surface area contributed by atoms with E-state index < -0.39 is 20.0 Å². The van der Waals surface area contributed by atoms with Crippen molar-refractivity contribution in [1.82, 2.24) is 5.32 Å². The first kappa shape index (κ1) is 71.5. The van der Waals surface area contributed by atoms with Crippen molar-refractivity contribution in [2.24, 2.45) is 0 Å². The summed E-state index contributed by atoms with van der Waals surface area (Å²) in [5.74, 6) is -0.184. The van der Waals surface area contributed by atoms with Crippen LogP contribution in [0.25, 0.3) is 0 Å². The number of rotatable bonds is 58. The third kappa shape index (κ3) is 58.0. The molecule has 3 unspecified atom stereocenters. The van der Waals surface area contributed by atoms with Gasteiger partial charge in [-0.25, -0.2) is 4.57 Å². The Bertz CT molecular complexity index is 1330. The van der Waals surface area contributed by atoms with Crippen molar-refractivity contribution in [3.05, 3.63) is 48.6 Å². The van der Waals surface area contributed by atoms with E-state index in [4.69, 9.17) is 9.05 Å². The van der Waals surface area contributed by atoms with Gasteiger partial charge in [-0.15, -0.1) is 0 Å². The van der Waals surface area contributed by atoms with Gasteiger partial charge in [-0.05, 0) is 64.2 Å². The summed E-state index contributed by atoms with van der Waals surface area (Å²) in [6.07, 6.45) is 73.9. The number of likely N-dealkylation sites (N-methyl/N-ethyl adjacent to an activating group) is 1. The van der Waals surface area contributed by atoms with Crippen LogP contribution in [0.3, 0.4) is 0 Å². The second-order valence-electron chi connectivity index (χ2n) is 22.8. The minimum Gasteiger partial charge on any atom is -0.387 e. The average Bonchev–Trinajstić information content (AvgIpc) is 3.35. The average molecular weight is 1050 g/mol. The number of aliphatic hydroxyl groups is 1. The molecule has 0 aliphatic heterocycles. The van der Waals surface area contributed by atoms with E-state index in [9.17, 15) is 19.4 Å². The highest BCUT2D eigenvalue weighted by Gasteiger charge is 2.27. The van der Waals surface area contributed by atoms with Crippen LogP contribution in [0.2, 0.25) is 0 Å². The van der Waals surface area contributed by atoms with Crippen molar-refractivity contribution < 1.29 is 32.9 Å². The fraction of sp³-hybridized carbons (Fsp3) is 0.859. The molecule has 0 aliphatic carbocycles. The molecule has 1 amide bonds. The summed E-state index contributed by atoms with van der Waals surface area (Å²) in [4.78, 5) is 23.3.